The summed E-state index contributed by atoms with van der Waals surface area (Å²) < 4.78 is 24.9. The van der Waals surface area contributed by atoms with Crippen LogP contribution in [0.15, 0.2) is 24.3 Å². The summed E-state index contributed by atoms with van der Waals surface area (Å²) >= 11 is 0. The maximum atomic E-state index is 12.2. The van der Waals surface area contributed by atoms with Crippen LogP contribution in [0, 0.1) is 0 Å². The predicted molar refractivity (Wildman–Crippen MR) is 98.4 cm³/mol. The summed E-state index contributed by atoms with van der Waals surface area (Å²) in [4.78, 5) is 24.9. The Morgan fingerprint density at radius 1 is 1.31 bits per heavy atom. The second kappa shape index (κ2) is 8.50. The van der Waals surface area contributed by atoms with Crippen molar-refractivity contribution in [1.29, 1.82) is 0 Å². The molecule has 9 heteroatoms. The highest BCUT2D eigenvalue weighted by Gasteiger charge is 2.34. The first-order chi connectivity index (χ1) is 12.2. The topological polar surface area (TPSA) is 116 Å². The Balaban J connectivity index is 1.81. The summed E-state index contributed by atoms with van der Waals surface area (Å²) in [7, 11) is -3.36. The highest BCUT2D eigenvalue weighted by atomic mass is 32.2. The largest absolute Gasteiger partial charge is 0.480 e. The highest BCUT2D eigenvalue weighted by Crippen LogP contribution is 2.25. The zero-order valence-electron chi connectivity index (χ0n) is 14.9. The van der Waals surface area contributed by atoms with Crippen LogP contribution < -0.4 is 10.0 Å². The molecule has 26 heavy (non-hydrogen) atoms. The molecule has 144 valence electrons. The molecule has 1 amide bonds. The van der Waals surface area contributed by atoms with Gasteiger partial charge in [0.15, 0.2) is 0 Å². The van der Waals surface area contributed by atoms with E-state index >= 15 is 0 Å². The molecule has 0 aliphatic heterocycles. The van der Waals surface area contributed by atoms with Crippen LogP contribution in [0.4, 0.5) is 5.69 Å². The number of amides is 1. The molecule has 0 saturated heterocycles. The maximum Gasteiger partial charge on any atom is 0.317 e. The van der Waals surface area contributed by atoms with Crippen molar-refractivity contribution in [3.63, 3.8) is 0 Å². The van der Waals surface area contributed by atoms with E-state index < -0.39 is 16.0 Å². The van der Waals surface area contributed by atoms with Crippen LogP contribution in [-0.2, 0) is 26.0 Å². The van der Waals surface area contributed by atoms with Gasteiger partial charge in [-0.25, -0.2) is 8.42 Å². The number of nitrogens with one attached hydrogen (secondary N) is 2. The first-order valence-corrected chi connectivity index (χ1v) is 10.4. The smallest absolute Gasteiger partial charge is 0.317 e. The van der Waals surface area contributed by atoms with Crippen molar-refractivity contribution in [1.82, 2.24) is 10.2 Å². The summed E-state index contributed by atoms with van der Waals surface area (Å²) in [5.74, 6) is -0.979. The van der Waals surface area contributed by atoms with E-state index in [1.54, 1.807) is 24.3 Å². The van der Waals surface area contributed by atoms with Crippen molar-refractivity contribution in [2.75, 3.05) is 24.1 Å². The number of carbonyl (C=O) groups is 2. The monoisotopic (exact) mass is 383 g/mol. The first-order valence-electron chi connectivity index (χ1n) is 8.48. The Hall–Kier alpha value is -2.13. The van der Waals surface area contributed by atoms with Crippen molar-refractivity contribution in [2.45, 2.75) is 38.3 Å². The van der Waals surface area contributed by atoms with Gasteiger partial charge in [-0.2, -0.15) is 0 Å². The molecular formula is C17H25N3O5S. The number of likely N-dealkylation sites (N-methyl/N-ethyl adjacent to an activating group) is 1. The molecule has 1 aromatic carbocycles. The molecule has 0 atom stereocenters. The fourth-order valence-corrected chi connectivity index (χ4v) is 3.65. The van der Waals surface area contributed by atoms with Gasteiger partial charge in [-0.1, -0.05) is 19.1 Å². The number of carbonyl (C=O) groups excluding carboxylic acids is 1. The third-order valence-corrected chi connectivity index (χ3v) is 4.94. The predicted octanol–water partition coefficient (Wildman–Crippen LogP) is 0.654. The summed E-state index contributed by atoms with van der Waals surface area (Å²) in [5.41, 5.74) is 1.14. The van der Waals surface area contributed by atoms with Crippen molar-refractivity contribution in [3.8, 4) is 0 Å². The lowest BCUT2D eigenvalue weighted by Gasteiger charge is -2.42. The number of benzene rings is 1. The van der Waals surface area contributed by atoms with Crippen LogP contribution in [0.3, 0.4) is 0 Å². The second-order valence-corrected chi connectivity index (χ2v) is 8.35. The van der Waals surface area contributed by atoms with E-state index in [1.165, 1.54) is 0 Å². The van der Waals surface area contributed by atoms with E-state index in [-0.39, 0.29) is 31.0 Å². The van der Waals surface area contributed by atoms with E-state index in [0.29, 0.717) is 17.8 Å². The fourth-order valence-electron chi connectivity index (χ4n) is 3.10. The minimum atomic E-state index is -3.36. The maximum absolute atomic E-state index is 12.2. The quantitative estimate of drug-likeness (QED) is 0.577. The van der Waals surface area contributed by atoms with Crippen LogP contribution >= 0.6 is 0 Å². The van der Waals surface area contributed by atoms with E-state index in [9.17, 15) is 18.0 Å². The minimum absolute atomic E-state index is 0.0158. The van der Waals surface area contributed by atoms with Gasteiger partial charge in [-0.15, -0.1) is 0 Å². The highest BCUT2D eigenvalue weighted by molar-refractivity contribution is 7.92. The molecule has 1 fully saturated rings. The molecule has 2 rings (SSSR count). The van der Waals surface area contributed by atoms with Gasteiger partial charge in [0.2, 0.25) is 15.9 Å². The van der Waals surface area contributed by atoms with Crippen LogP contribution in [0.2, 0.25) is 0 Å². The lowest BCUT2D eigenvalue weighted by Crippen LogP contribution is -2.55. The summed E-state index contributed by atoms with van der Waals surface area (Å²) in [6, 6.07) is 6.95. The Labute approximate surface area is 153 Å². The Kier molecular flexibility index (Phi) is 6.60. The number of hydrogen-bond donors (Lipinski definition) is 3. The summed E-state index contributed by atoms with van der Waals surface area (Å²) in [5, 5.41) is 11.8. The first kappa shape index (κ1) is 20.2. The number of nitrogens with zero attached hydrogens (tertiary/aromatic N) is 1. The summed E-state index contributed by atoms with van der Waals surface area (Å²) in [6.45, 7) is 2.60. The lowest BCUT2D eigenvalue weighted by atomic mass is 9.85. The zero-order valence-corrected chi connectivity index (χ0v) is 15.8. The summed E-state index contributed by atoms with van der Waals surface area (Å²) in [6.07, 6.45) is 2.71. The average Bonchev–Trinajstić information content (AvgIpc) is 2.47. The van der Waals surface area contributed by atoms with Crippen molar-refractivity contribution in [2.24, 2.45) is 0 Å². The molecular weight excluding hydrogens is 358 g/mol. The molecule has 3 N–H and O–H groups in total. The van der Waals surface area contributed by atoms with Gasteiger partial charge in [0.05, 0.1) is 19.2 Å². The van der Waals surface area contributed by atoms with Crippen LogP contribution in [0.1, 0.15) is 25.3 Å². The minimum Gasteiger partial charge on any atom is -0.480 e. The zero-order chi connectivity index (χ0) is 19.3. The van der Waals surface area contributed by atoms with Crippen LogP contribution in [0.25, 0.3) is 0 Å². The number of rotatable bonds is 9. The molecule has 0 unspecified atom stereocenters. The van der Waals surface area contributed by atoms with E-state index in [4.69, 9.17) is 5.11 Å². The standard InChI is InChI=1S/C17H25N3O5S/c1-3-20(11-17(22)23)15-9-14(10-15)18-16(21)8-12-5-4-6-13(7-12)19-26(2,24)25/h4-7,14-15,19H,3,8-11H2,1-2H3,(H,18,21)(H,22,23). The second-order valence-electron chi connectivity index (χ2n) is 6.60. The number of aliphatic carboxylic acids is 1. The van der Waals surface area contributed by atoms with Crippen molar-refractivity contribution >= 4 is 27.6 Å². The average molecular weight is 383 g/mol. The Morgan fingerprint density at radius 2 is 2.00 bits per heavy atom. The van der Waals surface area contributed by atoms with Crippen LogP contribution in [-0.4, -0.2) is 61.7 Å². The third-order valence-electron chi connectivity index (χ3n) is 4.33. The molecule has 0 heterocycles. The number of sulfonamides is 1. The van der Waals surface area contributed by atoms with E-state index in [1.807, 2.05) is 11.8 Å². The van der Waals surface area contributed by atoms with Crippen LogP contribution in [0.5, 0.6) is 0 Å². The molecule has 1 aliphatic carbocycles. The molecule has 1 aromatic rings. The number of carboxylic acids is 1. The van der Waals surface area contributed by atoms with E-state index in [2.05, 4.69) is 10.0 Å². The molecule has 8 nitrogen and oxygen atoms in total. The number of carboxylic acid groups (broad SMARTS) is 1. The lowest BCUT2D eigenvalue weighted by molar-refractivity contribution is -0.139. The molecule has 0 spiro atoms. The molecule has 0 radical (unpaired) electrons. The number of anilines is 1. The molecule has 0 aromatic heterocycles. The van der Waals surface area contributed by atoms with Gasteiger partial charge < -0.3 is 10.4 Å². The fraction of sp³-hybridized carbons (Fsp3) is 0.529. The number of hydrogen-bond acceptors (Lipinski definition) is 5. The molecule has 0 bridgehead atoms. The molecule has 1 saturated carbocycles. The van der Waals surface area contributed by atoms with Gasteiger partial charge in [0, 0.05) is 17.8 Å². The van der Waals surface area contributed by atoms with Gasteiger partial charge in [-0.3, -0.25) is 19.2 Å². The van der Waals surface area contributed by atoms with E-state index in [0.717, 1.165) is 19.1 Å². The van der Waals surface area contributed by atoms with Crippen molar-refractivity contribution < 1.29 is 23.1 Å². The molecule has 1 aliphatic rings. The van der Waals surface area contributed by atoms with Gasteiger partial charge in [0.1, 0.15) is 0 Å². The Bertz CT molecular complexity index is 759. The normalized spacial score (nSPS) is 19.7. The van der Waals surface area contributed by atoms with Gasteiger partial charge in [-0.05, 0) is 37.1 Å². The Morgan fingerprint density at radius 3 is 2.58 bits per heavy atom. The third kappa shape index (κ3) is 6.30. The van der Waals surface area contributed by atoms with Gasteiger partial charge >= 0.3 is 5.97 Å². The van der Waals surface area contributed by atoms with Gasteiger partial charge in [0.25, 0.3) is 0 Å². The SMILES string of the molecule is CCN(CC(=O)O)C1CC(NC(=O)Cc2cccc(NS(C)(=O)=O)c2)C1. The van der Waals surface area contributed by atoms with Crippen molar-refractivity contribution in [3.05, 3.63) is 29.8 Å².